The molecule has 144 valence electrons. The summed E-state index contributed by atoms with van der Waals surface area (Å²) in [5, 5.41) is 18.3. The van der Waals surface area contributed by atoms with Crippen LogP contribution in [0.5, 0.6) is 0 Å². The Labute approximate surface area is 165 Å². The van der Waals surface area contributed by atoms with Gasteiger partial charge in [0.25, 0.3) is 0 Å². The zero-order valence-electron chi connectivity index (χ0n) is 15.2. The monoisotopic (exact) mass is 396 g/mol. The number of nitrogens with one attached hydrogen (secondary N) is 2. The Hall–Kier alpha value is -3.07. The van der Waals surface area contributed by atoms with E-state index in [-0.39, 0.29) is 17.3 Å². The third-order valence-electron chi connectivity index (χ3n) is 4.65. The van der Waals surface area contributed by atoms with Gasteiger partial charge >= 0.3 is 5.69 Å². The van der Waals surface area contributed by atoms with E-state index in [4.69, 9.17) is 0 Å². The van der Waals surface area contributed by atoms with E-state index < -0.39 is 4.92 Å². The molecule has 0 radical (unpaired) electrons. The second kappa shape index (κ2) is 8.30. The number of anilines is 3. The van der Waals surface area contributed by atoms with Crippen LogP contribution in [0.1, 0.15) is 32.1 Å². The van der Waals surface area contributed by atoms with Crippen LogP contribution in [0.4, 0.5) is 22.5 Å². The van der Waals surface area contributed by atoms with Crippen molar-refractivity contribution in [2.75, 3.05) is 17.2 Å². The summed E-state index contributed by atoms with van der Waals surface area (Å²) in [6.45, 7) is 0.601. The zero-order chi connectivity index (χ0) is 19.3. The number of allylic oxidation sites excluding steroid dienone is 1. The summed E-state index contributed by atoms with van der Waals surface area (Å²) in [5.74, 6) is 0.360. The Kier molecular flexibility index (Phi) is 5.43. The largest absolute Gasteiger partial charge is 0.364 e. The number of benzene rings is 1. The molecule has 0 aliphatic heterocycles. The molecule has 0 fully saturated rings. The van der Waals surface area contributed by atoms with Crippen LogP contribution in [-0.2, 0) is 0 Å². The number of hydrogen-bond acceptors (Lipinski definition) is 8. The molecule has 0 bridgehead atoms. The van der Waals surface area contributed by atoms with Crippen LogP contribution in [0.2, 0.25) is 0 Å². The molecular formula is C19H20N6O2S. The van der Waals surface area contributed by atoms with Crippen LogP contribution < -0.4 is 10.6 Å². The van der Waals surface area contributed by atoms with Gasteiger partial charge in [-0.2, -0.15) is 0 Å². The lowest BCUT2D eigenvalue weighted by atomic mass is 9.97. The number of rotatable bonds is 7. The first-order valence-electron chi connectivity index (χ1n) is 9.24. The van der Waals surface area contributed by atoms with Crippen LogP contribution in [0, 0.1) is 10.1 Å². The van der Waals surface area contributed by atoms with E-state index in [0.29, 0.717) is 11.7 Å². The molecule has 1 aromatic carbocycles. The maximum absolute atomic E-state index is 11.7. The maximum atomic E-state index is 11.7. The van der Waals surface area contributed by atoms with Gasteiger partial charge in [0.2, 0.25) is 11.6 Å². The van der Waals surface area contributed by atoms with Gasteiger partial charge in [0, 0.05) is 6.54 Å². The molecule has 28 heavy (non-hydrogen) atoms. The minimum atomic E-state index is -0.460. The fraction of sp³-hybridized carbons (Fsp3) is 0.316. The number of aromatic nitrogens is 3. The molecular weight excluding hydrogens is 376 g/mol. The molecule has 0 spiro atoms. The number of hydrogen-bond donors (Lipinski definition) is 2. The lowest BCUT2D eigenvalue weighted by Crippen LogP contribution is -2.10. The highest BCUT2D eigenvalue weighted by Crippen LogP contribution is 2.34. The molecule has 0 saturated carbocycles. The van der Waals surface area contributed by atoms with E-state index in [0.717, 1.165) is 29.5 Å². The minimum absolute atomic E-state index is 0.137. The summed E-state index contributed by atoms with van der Waals surface area (Å²) >= 11 is 1.42. The van der Waals surface area contributed by atoms with Crippen LogP contribution in [0.25, 0.3) is 10.2 Å². The average Bonchev–Trinajstić information content (AvgIpc) is 3.11. The Morgan fingerprint density at radius 2 is 2.04 bits per heavy atom. The average molecular weight is 396 g/mol. The highest BCUT2D eigenvalue weighted by Gasteiger charge is 2.23. The van der Waals surface area contributed by atoms with Crippen molar-refractivity contribution in [1.82, 2.24) is 15.0 Å². The fourth-order valence-corrected chi connectivity index (χ4v) is 4.14. The normalized spacial score (nSPS) is 13.9. The van der Waals surface area contributed by atoms with Crippen LogP contribution in [-0.4, -0.2) is 26.4 Å². The van der Waals surface area contributed by atoms with E-state index in [2.05, 4.69) is 31.7 Å². The lowest BCUT2D eigenvalue weighted by molar-refractivity contribution is -0.383. The van der Waals surface area contributed by atoms with Crippen molar-refractivity contribution in [3.05, 3.63) is 52.4 Å². The lowest BCUT2D eigenvalue weighted by Gasteiger charge is -2.13. The maximum Gasteiger partial charge on any atom is 0.353 e. The van der Waals surface area contributed by atoms with Crippen molar-refractivity contribution < 1.29 is 4.92 Å². The summed E-state index contributed by atoms with van der Waals surface area (Å²) in [6.07, 6.45) is 9.16. The van der Waals surface area contributed by atoms with Gasteiger partial charge in [-0.1, -0.05) is 35.1 Å². The molecule has 0 amide bonds. The zero-order valence-corrected chi connectivity index (χ0v) is 16.0. The van der Waals surface area contributed by atoms with Crippen molar-refractivity contribution in [3.8, 4) is 0 Å². The first-order valence-corrected chi connectivity index (χ1v) is 10.1. The predicted octanol–water partition coefficient (Wildman–Crippen LogP) is 5.04. The van der Waals surface area contributed by atoms with Crippen molar-refractivity contribution in [1.29, 1.82) is 0 Å². The number of fused-ring (bicyclic) bond motifs is 1. The van der Waals surface area contributed by atoms with Gasteiger partial charge in [0.1, 0.15) is 6.33 Å². The van der Waals surface area contributed by atoms with E-state index in [1.165, 1.54) is 36.1 Å². The smallest absolute Gasteiger partial charge is 0.353 e. The summed E-state index contributed by atoms with van der Waals surface area (Å²) < 4.78 is 1.00. The van der Waals surface area contributed by atoms with Crippen molar-refractivity contribution in [2.24, 2.45) is 0 Å². The molecule has 0 atom stereocenters. The summed E-state index contributed by atoms with van der Waals surface area (Å²) in [7, 11) is 0. The topological polar surface area (TPSA) is 106 Å². The Bertz CT molecular complexity index is 999. The Morgan fingerprint density at radius 3 is 2.82 bits per heavy atom. The molecule has 1 aliphatic carbocycles. The van der Waals surface area contributed by atoms with Crippen LogP contribution >= 0.6 is 11.3 Å². The predicted molar refractivity (Wildman–Crippen MR) is 111 cm³/mol. The van der Waals surface area contributed by atoms with Crippen molar-refractivity contribution >= 4 is 44.0 Å². The molecule has 0 saturated heterocycles. The second-order valence-corrected chi connectivity index (χ2v) is 7.60. The highest BCUT2D eigenvalue weighted by atomic mass is 32.1. The highest BCUT2D eigenvalue weighted by molar-refractivity contribution is 7.22. The molecule has 0 unspecified atom stereocenters. The molecule has 8 nitrogen and oxygen atoms in total. The van der Waals surface area contributed by atoms with Crippen LogP contribution in [0.3, 0.4) is 0 Å². The number of para-hydroxylation sites is 1. The number of thiazole rings is 1. The molecule has 2 heterocycles. The first kappa shape index (κ1) is 18.3. The second-order valence-electron chi connectivity index (χ2n) is 6.57. The molecule has 4 rings (SSSR count). The standard InChI is InChI=1S/C19H20N6O2S/c26-25(27)16-17(20-11-10-13-6-2-1-3-7-13)21-12-22-18(16)24-19-23-14-8-4-5-9-15(14)28-19/h4-6,8-9,12H,1-3,7,10-11H2,(H2,20,21,22,23,24). The number of nitro groups is 1. The Balaban J connectivity index is 1.53. The molecule has 2 aromatic heterocycles. The SMILES string of the molecule is O=[N+]([O-])c1c(NCCC2=CCCCC2)ncnc1Nc1nc2ccccc2s1. The van der Waals surface area contributed by atoms with Gasteiger partial charge in [-0.25, -0.2) is 15.0 Å². The van der Waals surface area contributed by atoms with Gasteiger partial charge in [-0.15, -0.1) is 0 Å². The van der Waals surface area contributed by atoms with E-state index >= 15 is 0 Å². The molecule has 1 aliphatic rings. The van der Waals surface area contributed by atoms with E-state index in [9.17, 15) is 10.1 Å². The van der Waals surface area contributed by atoms with Crippen molar-refractivity contribution in [3.63, 3.8) is 0 Å². The quantitative estimate of drug-likeness (QED) is 0.327. The van der Waals surface area contributed by atoms with Crippen LogP contribution in [0.15, 0.2) is 42.2 Å². The van der Waals surface area contributed by atoms with Gasteiger partial charge < -0.3 is 10.6 Å². The van der Waals surface area contributed by atoms with Gasteiger partial charge in [-0.05, 0) is 44.2 Å². The molecule has 2 N–H and O–H groups in total. The van der Waals surface area contributed by atoms with Gasteiger partial charge in [0.05, 0.1) is 15.1 Å². The van der Waals surface area contributed by atoms with Crippen molar-refractivity contribution in [2.45, 2.75) is 32.1 Å². The summed E-state index contributed by atoms with van der Waals surface area (Å²) in [4.78, 5) is 23.8. The minimum Gasteiger partial charge on any atom is -0.364 e. The van der Waals surface area contributed by atoms with Gasteiger partial charge in [0.15, 0.2) is 5.13 Å². The number of nitrogens with zero attached hydrogens (tertiary/aromatic N) is 4. The fourth-order valence-electron chi connectivity index (χ4n) is 3.27. The third kappa shape index (κ3) is 4.09. The van der Waals surface area contributed by atoms with Gasteiger partial charge in [-0.3, -0.25) is 10.1 Å². The summed E-state index contributed by atoms with van der Waals surface area (Å²) in [6, 6.07) is 7.70. The van der Waals surface area contributed by atoms with E-state index in [1.54, 1.807) is 0 Å². The molecule has 3 aromatic rings. The third-order valence-corrected chi connectivity index (χ3v) is 5.60. The Morgan fingerprint density at radius 1 is 1.18 bits per heavy atom. The van der Waals surface area contributed by atoms with E-state index in [1.807, 2.05) is 24.3 Å². The summed E-state index contributed by atoms with van der Waals surface area (Å²) in [5.41, 5.74) is 2.08. The first-order chi connectivity index (χ1) is 13.7. The molecule has 9 heteroatoms.